The molecule has 0 saturated heterocycles. The summed E-state index contributed by atoms with van der Waals surface area (Å²) in [6.07, 6.45) is 0.857. The van der Waals surface area contributed by atoms with Gasteiger partial charge in [0.15, 0.2) is 0 Å². The topological polar surface area (TPSA) is 78.4 Å². The molecule has 0 aliphatic heterocycles. The van der Waals surface area contributed by atoms with E-state index in [1.165, 1.54) is 12.5 Å². The molecule has 0 saturated carbocycles. The molecule has 0 fully saturated rings. The molecule has 1 unspecified atom stereocenters. The maximum Gasteiger partial charge on any atom is 0.327 e. The first-order valence-corrected chi connectivity index (χ1v) is 6.25. The van der Waals surface area contributed by atoms with Crippen molar-refractivity contribution >= 4 is 23.2 Å². The van der Waals surface area contributed by atoms with Gasteiger partial charge in [-0.25, -0.2) is 4.79 Å². The minimum Gasteiger partial charge on any atom is -0.480 e. The van der Waals surface area contributed by atoms with E-state index in [-0.39, 0.29) is 12.5 Å². The summed E-state index contributed by atoms with van der Waals surface area (Å²) in [6.45, 7) is 2.24. The van der Waals surface area contributed by atoms with E-state index in [9.17, 15) is 9.59 Å². The number of amides is 1. The highest BCUT2D eigenvalue weighted by atomic mass is 32.1. The summed E-state index contributed by atoms with van der Waals surface area (Å²) in [7, 11) is 0. The zero-order chi connectivity index (χ0) is 12.7. The second kappa shape index (κ2) is 7.03. The first kappa shape index (κ1) is 13.7. The first-order chi connectivity index (χ1) is 8.09. The molecule has 1 aromatic heterocycles. The van der Waals surface area contributed by atoms with Gasteiger partial charge >= 0.3 is 5.97 Å². The maximum atomic E-state index is 10.8. The fraction of sp³-hybridized carbons (Fsp3) is 0.455. The van der Waals surface area contributed by atoms with Gasteiger partial charge in [0.2, 0.25) is 5.91 Å². The molecular formula is C11H16N2O3S. The van der Waals surface area contributed by atoms with Crippen molar-refractivity contribution in [2.24, 2.45) is 0 Å². The third kappa shape index (κ3) is 5.46. The Morgan fingerprint density at radius 3 is 2.82 bits per heavy atom. The molecule has 5 nitrogen and oxygen atoms in total. The van der Waals surface area contributed by atoms with Crippen molar-refractivity contribution in [3.63, 3.8) is 0 Å². The lowest BCUT2D eigenvalue weighted by atomic mass is 10.2. The molecule has 0 aromatic carbocycles. The summed E-state index contributed by atoms with van der Waals surface area (Å²) in [4.78, 5) is 21.6. The monoisotopic (exact) mass is 256 g/mol. The molecule has 1 amide bonds. The van der Waals surface area contributed by atoms with Crippen molar-refractivity contribution in [1.82, 2.24) is 10.6 Å². The Morgan fingerprint density at radius 1 is 1.53 bits per heavy atom. The third-order valence-electron chi connectivity index (χ3n) is 2.19. The number of carboxylic acids is 1. The average Bonchev–Trinajstić information content (AvgIpc) is 2.74. The van der Waals surface area contributed by atoms with Gasteiger partial charge in [-0.1, -0.05) is 0 Å². The predicted molar refractivity (Wildman–Crippen MR) is 66.1 cm³/mol. The van der Waals surface area contributed by atoms with Gasteiger partial charge in [0.25, 0.3) is 0 Å². The lowest BCUT2D eigenvalue weighted by Gasteiger charge is -2.13. The van der Waals surface area contributed by atoms with Gasteiger partial charge in [-0.15, -0.1) is 0 Å². The van der Waals surface area contributed by atoms with Gasteiger partial charge in [0.1, 0.15) is 6.04 Å². The molecule has 1 aromatic rings. The van der Waals surface area contributed by atoms with E-state index in [0.29, 0.717) is 6.54 Å². The summed E-state index contributed by atoms with van der Waals surface area (Å²) in [5.41, 5.74) is 1.23. The van der Waals surface area contributed by atoms with Crippen LogP contribution in [-0.2, 0) is 16.0 Å². The van der Waals surface area contributed by atoms with Crippen molar-refractivity contribution in [2.75, 3.05) is 13.1 Å². The largest absolute Gasteiger partial charge is 0.480 e. The molecule has 1 heterocycles. The fourth-order valence-corrected chi connectivity index (χ4v) is 2.06. The van der Waals surface area contributed by atoms with Crippen LogP contribution in [0.4, 0.5) is 0 Å². The number of nitrogens with one attached hydrogen (secondary N) is 2. The quantitative estimate of drug-likeness (QED) is 0.620. The minimum absolute atomic E-state index is 0.235. The summed E-state index contributed by atoms with van der Waals surface area (Å²) in [5, 5.41) is 18.3. The summed E-state index contributed by atoms with van der Waals surface area (Å²) >= 11 is 1.64. The number of hydrogen-bond donors (Lipinski definition) is 3. The molecule has 1 atom stereocenters. The molecule has 3 N–H and O–H groups in total. The second-order valence-electron chi connectivity index (χ2n) is 3.68. The normalized spacial score (nSPS) is 12.1. The van der Waals surface area contributed by atoms with Gasteiger partial charge in [0.05, 0.1) is 0 Å². The molecule has 0 bridgehead atoms. The van der Waals surface area contributed by atoms with Crippen LogP contribution in [0.1, 0.15) is 12.5 Å². The Labute approximate surface area is 104 Å². The first-order valence-electron chi connectivity index (χ1n) is 5.31. The van der Waals surface area contributed by atoms with Crippen LogP contribution >= 0.6 is 11.3 Å². The van der Waals surface area contributed by atoms with Gasteiger partial charge in [0, 0.05) is 13.5 Å². The highest BCUT2D eigenvalue weighted by Gasteiger charge is 2.17. The number of thiophene rings is 1. The number of carbonyl (C=O) groups is 2. The zero-order valence-electron chi connectivity index (χ0n) is 9.60. The van der Waals surface area contributed by atoms with Crippen LogP contribution in [0.2, 0.25) is 0 Å². The molecule has 0 radical (unpaired) electrons. The van der Waals surface area contributed by atoms with E-state index in [4.69, 9.17) is 5.11 Å². The lowest BCUT2D eigenvalue weighted by molar-refractivity contribution is -0.141. The van der Waals surface area contributed by atoms with E-state index in [2.05, 4.69) is 16.0 Å². The van der Waals surface area contributed by atoms with Crippen LogP contribution in [0.25, 0.3) is 0 Å². The van der Waals surface area contributed by atoms with Crippen molar-refractivity contribution < 1.29 is 14.7 Å². The SMILES string of the molecule is CC(=O)NC(CNCCc1ccsc1)C(=O)O. The molecule has 1 rings (SSSR count). The Hall–Kier alpha value is -1.40. The summed E-state index contributed by atoms with van der Waals surface area (Å²) in [5.74, 6) is -1.36. The van der Waals surface area contributed by atoms with Gasteiger partial charge in [-0.05, 0) is 35.4 Å². The van der Waals surface area contributed by atoms with Crippen LogP contribution in [0.5, 0.6) is 0 Å². The smallest absolute Gasteiger partial charge is 0.327 e. The highest BCUT2D eigenvalue weighted by molar-refractivity contribution is 7.07. The number of hydrogen-bond acceptors (Lipinski definition) is 4. The molecule has 94 valence electrons. The molecular weight excluding hydrogens is 240 g/mol. The Balaban J connectivity index is 2.23. The van der Waals surface area contributed by atoms with E-state index < -0.39 is 12.0 Å². The van der Waals surface area contributed by atoms with E-state index in [1.807, 2.05) is 11.4 Å². The van der Waals surface area contributed by atoms with E-state index in [0.717, 1.165) is 6.42 Å². The number of carbonyl (C=O) groups excluding carboxylic acids is 1. The second-order valence-corrected chi connectivity index (χ2v) is 4.46. The van der Waals surface area contributed by atoms with E-state index in [1.54, 1.807) is 11.3 Å². The third-order valence-corrected chi connectivity index (χ3v) is 2.93. The predicted octanol–water partition coefficient (Wildman–Crippen LogP) is 0.469. The number of rotatable bonds is 7. The molecule has 6 heteroatoms. The lowest BCUT2D eigenvalue weighted by Crippen LogP contribution is -2.46. The average molecular weight is 256 g/mol. The number of carboxylic acid groups (broad SMARTS) is 1. The Bertz CT molecular complexity index is 365. The summed E-state index contributed by atoms with van der Waals surface area (Å²) < 4.78 is 0. The fourth-order valence-electron chi connectivity index (χ4n) is 1.36. The van der Waals surface area contributed by atoms with Crippen LogP contribution < -0.4 is 10.6 Å². The molecule has 0 aliphatic carbocycles. The minimum atomic E-state index is -1.02. The van der Waals surface area contributed by atoms with Crippen molar-refractivity contribution in [3.05, 3.63) is 22.4 Å². The molecule has 0 spiro atoms. The van der Waals surface area contributed by atoms with E-state index >= 15 is 0 Å². The molecule has 17 heavy (non-hydrogen) atoms. The highest BCUT2D eigenvalue weighted by Crippen LogP contribution is 2.05. The van der Waals surface area contributed by atoms with Crippen molar-refractivity contribution in [2.45, 2.75) is 19.4 Å². The standard InChI is InChI=1S/C11H16N2O3S/c1-8(14)13-10(11(15)16)6-12-4-2-9-3-5-17-7-9/h3,5,7,10,12H,2,4,6H2,1H3,(H,13,14)(H,15,16). The van der Waals surface area contributed by atoms with Gasteiger partial charge < -0.3 is 15.7 Å². The van der Waals surface area contributed by atoms with Crippen molar-refractivity contribution in [3.8, 4) is 0 Å². The van der Waals surface area contributed by atoms with Crippen LogP contribution in [0.15, 0.2) is 16.8 Å². The molecule has 0 aliphatic rings. The van der Waals surface area contributed by atoms with Crippen molar-refractivity contribution in [1.29, 1.82) is 0 Å². The Morgan fingerprint density at radius 2 is 2.29 bits per heavy atom. The Kier molecular flexibility index (Phi) is 5.65. The van der Waals surface area contributed by atoms with Gasteiger partial charge in [-0.2, -0.15) is 11.3 Å². The maximum absolute atomic E-state index is 10.8. The number of aliphatic carboxylic acids is 1. The van der Waals surface area contributed by atoms with Gasteiger partial charge in [-0.3, -0.25) is 4.79 Å². The van der Waals surface area contributed by atoms with Crippen LogP contribution in [0.3, 0.4) is 0 Å². The van der Waals surface area contributed by atoms with Crippen LogP contribution in [-0.4, -0.2) is 36.1 Å². The summed E-state index contributed by atoms with van der Waals surface area (Å²) in [6, 6.07) is 1.17. The van der Waals surface area contributed by atoms with Crippen LogP contribution in [0, 0.1) is 0 Å². The zero-order valence-corrected chi connectivity index (χ0v) is 10.4.